The summed E-state index contributed by atoms with van der Waals surface area (Å²) in [6.07, 6.45) is 1.43. The summed E-state index contributed by atoms with van der Waals surface area (Å²) in [7, 11) is 0. The molecule has 3 N–H and O–H groups in total. The smallest absolute Gasteiger partial charge is 0.170 e. The number of halogens is 1. The molecule has 0 bridgehead atoms. The van der Waals surface area contributed by atoms with Crippen LogP contribution < -0.4 is 10.5 Å². The number of amidine groups is 1. The fourth-order valence-electron chi connectivity index (χ4n) is 2.05. The lowest BCUT2D eigenvalue weighted by atomic mass is 10.1. The van der Waals surface area contributed by atoms with Gasteiger partial charge in [0, 0.05) is 10.6 Å². The number of nitrogens with zero attached hydrogens (tertiary/aromatic N) is 5. The third kappa shape index (κ3) is 3.44. The van der Waals surface area contributed by atoms with E-state index in [-0.39, 0.29) is 5.84 Å². The van der Waals surface area contributed by atoms with Gasteiger partial charge in [0.05, 0.1) is 0 Å². The number of tetrazole rings is 1. The molecule has 0 spiro atoms. The number of ether oxygens (including phenoxy) is 1. The summed E-state index contributed by atoms with van der Waals surface area (Å²) >= 11 is 5.87. The Morgan fingerprint density at radius 1 is 1.25 bits per heavy atom. The Morgan fingerprint density at radius 3 is 2.71 bits per heavy atom. The number of nitrogens with two attached hydrogens (primary N) is 1. The molecule has 2 aromatic carbocycles. The first-order valence-electron chi connectivity index (χ1n) is 6.90. The first-order chi connectivity index (χ1) is 11.7. The molecule has 1 heterocycles. The highest BCUT2D eigenvalue weighted by Gasteiger charge is 2.11. The molecule has 3 aromatic rings. The van der Waals surface area contributed by atoms with Crippen molar-refractivity contribution in [1.82, 2.24) is 20.2 Å². The van der Waals surface area contributed by atoms with Crippen LogP contribution in [0.2, 0.25) is 5.02 Å². The SMILES string of the molecule is NC(=NO)c1ccc(OCc2ccc(Cl)cc2)c(-n2cnnn2)c1. The summed E-state index contributed by atoms with van der Waals surface area (Å²) in [5, 5.41) is 23.6. The van der Waals surface area contributed by atoms with Gasteiger partial charge in [0.2, 0.25) is 0 Å². The Kier molecular flexibility index (Phi) is 4.57. The second kappa shape index (κ2) is 6.97. The van der Waals surface area contributed by atoms with Gasteiger partial charge in [-0.05, 0) is 46.3 Å². The van der Waals surface area contributed by atoms with Gasteiger partial charge in [0.15, 0.2) is 5.84 Å². The monoisotopic (exact) mass is 344 g/mol. The van der Waals surface area contributed by atoms with Gasteiger partial charge in [-0.2, -0.15) is 4.68 Å². The van der Waals surface area contributed by atoms with Crippen LogP contribution in [0.5, 0.6) is 5.75 Å². The van der Waals surface area contributed by atoms with Crippen LogP contribution in [-0.2, 0) is 6.61 Å². The van der Waals surface area contributed by atoms with Crippen molar-refractivity contribution in [3.05, 3.63) is 64.9 Å². The quantitative estimate of drug-likeness (QED) is 0.317. The Balaban J connectivity index is 1.90. The van der Waals surface area contributed by atoms with Crippen molar-refractivity contribution in [2.75, 3.05) is 0 Å². The van der Waals surface area contributed by atoms with Gasteiger partial charge in [0.1, 0.15) is 24.4 Å². The van der Waals surface area contributed by atoms with Gasteiger partial charge in [-0.1, -0.05) is 28.9 Å². The molecule has 1 aromatic heterocycles. The van der Waals surface area contributed by atoms with E-state index in [0.29, 0.717) is 28.6 Å². The zero-order chi connectivity index (χ0) is 16.9. The highest BCUT2D eigenvalue weighted by Crippen LogP contribution is 2.24. The summed E-state index contributed by atoms with van der Waals surface area (Å²) in [5.74, 6) is 0.528. The molecule has 0 aliphatic heterocycles. The molecule has 3 rings (SSSR count). The second-order valence-corrected chi connectivity index (χ2v) is 5.27. The zero-order valence-corrected chi connectivity index (χ0v) is 13.1. The highest BCUT2D eigenvalue weighted by atomic mass is 35.5. The number of benzene rings is 2. The average molecular weight is 345 g/mol. The minimum atomic E-state index is -0.0198. The molecule has 0 atom stereocenters. The lowest BCUT2D eigenvalue weighted by molar-refractivity contribution is 0.304. The maximum Gasteiger partial charge on any atom is 0.170 e. The first-order valence-corrected chi connectivity index (χ1v) is 7.27. The molecule has 0 amide bonds. The van der Waals surface area contributed by atoms with E-state index in [4.69, 9.17) is 27.3 Å². The molecule has 0 radical (unpaired) electrons. The third-order valence-corrected chi connectivity index (χ3v) is 3.52. The van der Waals surface area contributed by atoms with E-state index >= 15 is 0 Å². The minimum absolute atomic E-state index is 0.0198. The fraction of sp³-hybridized carbons (Fsp3) is 0.0667. The number of rotatable bonds is 5. The fourth-order valence-corrected chi connectivity index (χ4v) is 2.17. The van der Waals surface area contributed by atoms with Crippen LogP contribution >= 0.6 is 11.6 Å². The summed E-state index contributed by atoms with van der Waals surface area (Å²) in [6.45, 7) is 0.342. The molecule has 0 fully saturated rings. The predicted octanol–water partition coefficient (Wildman–Crippen LogP) is 1.99. The lowest BCUT2D eigenvalue weighted by Crippen LogP contribution is -2.14. The molecule has 9 heteroatoms. The molecule has 0 aliphatic rings. The Labute approximate surface area is 142 Å². The molecule has 24 heavy (non-hydrogen) atoms. The van der Waals surface area contributed by atoms with Crippen LogP contribution in [0.25, 0.3) is 5.69 Å². The minimum Gasteiger partial charge on any atom is -0.487 e. The molecule has 0 saturated carbocycles. The number of aromatic nitrogens is 4. The zero-order valence-electron chi connectivity index (χ0n) is 12.4. The van der Waals surface area contributed by atoms with E-state index in [1.165, 1.54) is 11.0 Å². The Bertz CT molecular complexity index is 849. The number of hydrogen-bond donors (Lipinski definition) is 2. The normalized spacial score (nSPS) is 11.5. The molecular weight excluding hydrogens is 332 g/mol. The van der Waals surface area contributed by atoms with Crippen molar-refractivity contribution in [3.8, 4) is 11.4 Å². The molecule has 122 valence electrons. The van der Waals surface area contributed by atoms with Crippen molar-refractivity contribution in [2.45, 2.75) is 6.61 Å². The standard InChI is InChI=1S/C15H13ClN6O2/c16-12-4-1-10(2-5-12)8-24-14-6-3-11(15(17)19-23)7-13(14)22-9-18-20-21-22/h1-7,9,23H,8H2,(H2,17,19). The van der Waals surface area contributed by atoms with Gasteiger partial charge in [-0.25, -0.2) is 0 Å². The van der Waals surface area contributed by atoms with E-state index in [9.17, 15) is 0 Å². The number of hydrogen-bond acceptors (Lipinski definition) is 6. The van der Waals surface area contributed by atoms with Crippen LogP contribution in [0.15, 0.2) is 53.9 Å². The van der Waals surface area contributed by atoms with Gasteiger partial charge < -0.3 is 15.7 Å². The summed E-state index contributed by atoms with van der Waals surface area (Å²) in [4.78, 5) is 0. The van der Waals surface area contributed by atoms with Crippen molar-refractivity contribution in [3.63, 3.8) is 0 Å². The highest BCUT2D eigenvalue weighted by molar-refractivity contribution is 6.30. The van der Waals surface area contributed by atoms with Crippen LogP contribution in [0.3, 0.4) is 0 Å². The van der Waals surface area contributed by atoms with Crippen LogP contribution in [0, 0.1) is 0 Å². The van der Waals surface area contributed by atoms with Gasteiger partial charge in [-0.15, -0.1) is 5.10 Å². The third-order valence-electron chi connectivity index (χ3n) is 3.27. The first kappa shape index (κ1) is 15.8. The Hall–Kier alpha value is -3.13. The van der Waals surface area contributed by atoms with Crippen LogP contribution in [0.4, 0.5) is 0 Å². The molecule has 0 saturated heterocycles. The summed E-state index contributed by atoms with van der Waals surface area (Å²) in [6, 6.07) is 12.4. The Morgan fingerprint density at radius 2 is 2.04 bits per heavy atom. The summed E-state index contributed by atoms with van der Waals surface area (Å²) in [5.41, 5.74) is 7.68. The maximum absolute atomic E-state index is 8.83. The topological polar surface area (TPSA) is 111 Å². The van der Waals surface area contributed by atoms with E-state index in [1.807, 2.05) is 12.1 Å². The molecule has 0 unspecified atom stereocenters. The maximum atomic E-state index is 8.83. The van der Waals surface area contributed by atoms with Crippen LogP contribution in [0.1, 0.15) is 11.1 Å². The van der Waals surface area contributed by atoms with Crippen LogP contribution in [-0.4, -0.2) is 31.3 Å². The van der Waals surface area contributed by atoms with E-state index in [0.717, 1.165) is 5.56 Å². The predicted molar refractivity (Wildman–Crippen MR) is 87.4 cm³/mol. The van der Waals surface area contributed by atoms with Crippen molar-refractivity contribution in [1.29, 1.82) is 0 Å². The van der Waals surface area contributed by atoms with Crippen molar-refractivity contribution in [2.24, 2.45) is 10.9 Å². The lowest BCUT2D eigenvalue weighted by Gasteiger charge is -2.12. The van der Waals surface area contributed by atoms with Crippen molar-refractivity contribution < 1.29 is 9.94 Å². The second-order valence-electron chi connectivity index (χ2n) is 4.84. The van der Waals surface area contributed by atoms with Crippen molar-refractivity contribution >= 4 is 17.4 Å². The van der Waals surface area contributed by atoms with Gasteiger partial charge in [-0.3, -0.25) is 0 Å². The van der Waals surface area contributed by atoms with Gasteiger partial charge >= 0.3 is 0 Å². The van der Waals surface area contributed by atoms with E-state index in [1.54, 1.807) is 30.3 Å². The van der Waals surface area contributed by atoms with E-state index < -0.39 is 0 Å². The van der Waals surface area contributed by atoms with Gasteiger partial charge in [0.25, 0.3) is 0 Å². The number of oxime groups is 1. The average Bonchev–Trinajstić information content (AvgIpc) is 3.15. The molecule has 8 nitrogen and oxygen atoms in total. The molecular formula is C15H13ClN6O2. The molecule has 0 aliphatic carbocycles. The van der Waals surface area contributed by atoms with E-state index in [2.05, 4.69) is 20.7 Å². The summed E-state index contributed by atoms with van der Waals surface area (Å²) < 4.78 is 7.29. The largest absolute Gasteiger partial charge is 0.487 e.